The summed E-state index contributed by atoms with van der Waals surface area (Å²) >= 11 is 1.09. The quantitative estimate of drug-likeness (QED) is 0.618. The molecule has 0 saturated heterocycles. The number of carbonyl (C=O) groups is 2. The maximum atomic E-state index is 12.4. The van der Waals surface area contributed by atoms with Crippen molar-refractivity contribution in [3.05, 3.63) is 53.4 Å². The topological polar surface area (TPSA) is 102 Å². The van der Waals surface area contributed by atoms with E-state index < -0.39 is 22.1 Å². The number of benzene rings is 1. The number of rotatable bonds is 9. The highest BCUT2D eigenvalue weighted by molar-refractivity contribution is 7.91. The number of esters is 1. The van der Waals surface area contributed by atoms with Gasteiger partial charge in [-0.2, -0.15) is 0 Å². The summed E-state index contributed by atoms with van der Waals surface area (Å²) in [5.41, 5.74) is 0.572. The summed E-state index contributed by atoms with van der Waals surface area (Å²) in [4.78, 5) is 24.6. The fraction of sp³-hybridized carbons (Fsp3) is 0.333. The van der Waals surface area contributed by atoms with Gasteiger partial charge in [-0.15, -0.1) is 11.3 Å². The molecule has 2 N–H and O–H groups in total. The summed E-state index contributed by atoms with van der Waals surface area (Å²) in [6.07, 6.45) is 0.621. The molecule has 1 aromatic carbocycles. The average molecular weight is 409 g/mol. The van der Waals surface area contributed by atoms with Gasteiger partial charge in [-0.1, -0.05) is 36.4 Å². The van der Waals surface area contributed by atoms with Gasteiger partial charge in [0.05, 0.1) is 6.42 Å². The molecule has 1 atom stereocenters. The van der Waals surface area contributed by atoms with Crippen LogP contribution >= 0.6 is 11.3 Å². The lowest BCUT2D eigenvalue weighted by Gasteiger charge is -2.18. The maximum Gasteiger partial charge on any atom is 0.308 e. The van der Waals surface area contributed by atoms with E-state index in [1.54, 1.807) is 41.8 Å². The van der Waals surface area contributed by atoms with Gasteiger partial charge >= 0.3 is 5.97 Å². The Kier molecular flexibility index (Phi) is 6.25. The van der Waals surface area contributed by atoms with Crippen molar-refractivity contribution in [3.8, 4) is 0 Å². The summed E-state index contributed by atoms with van der Waals surface area (Å²) in [6, 6.07) is 12.0. The lowest BCUT2D eigenvalue weighted by Crippen LogP contribution is -2.34. The van der Waals surface area contributed by atoms with E-state index in [1.807, 2.05) is 0 Å². The molecule has 1 aromatic heterocycles. The van der Waals surface area contributed by atoms with Crippen LogP contribution in [0, 0.1) is 0 Å². The molecule has 144 valence electrons. The SMILES string of the molecule is O=C(CCNS(=O)(=O)c1cccs1)O[C@@H](C(=O)NC1CC1)c1ccccc1. The number of sulfonamides is 1. The summed E-state index contributed by atoms with van der Waals surface area (Å²) in [7, 11) is -3.64. The van der Waals surface area contributed by atoms with E-state index >= 15 is 0 Å². The Bertz CT molecular complexity index is 878. The molecule has 1 fully saturated rings. The van der Waals surface area contributed by atoms with Gasteiger partial charge in [0, 0.05) is 18.2 Å². The average Bonchev–Trinajstić information content (AvgIpc) is 3.27. The van der Waals surface area contributed by atoms with Gasteiger partial charge in [0.25, 0.3) is 5.91 Å². The maximum absolute atomic E-state index is 12.4. The van der Waals surface area contributed by atoms with E-state index in [-0.39, 0.29) is 29.1 Å². The molecule has 7 nitrogen and oxygen atoms in total. The van der Waals surface area contributed by atoms with E-state index in [4.69, 9.17) is 4.74 Å². The van der Waals surface area contributed by atoms with Gasteiger partial charge in [-0.05, 0) is 24.3 Å². The number of thiophene rings is 1. The summed E-state index contributed by atoms with van der Waals surface area (Å²) in [5.74, 6) is -1.01. The molecule has 3 rings (SSSR count). The fourth-order valence-electron chi connectivity index (χ4n) is 2.37. The Hall–Kier alpha value is -2.23. The van der Waals surface area contributed by atoms with Crippen molar-refractivity contribution < 1.29 is 22.7 Å². The van der Waals surface area contributed by atoms with E-state index in [2.05, 4.69) is 10.0 Å². The molecule has 0 unspecified atom stereocenters. The van der Waals surface area contributed by atoms with Crippen LogP contribution in [-0.4, -0.2) is 32.9 Å². The molecule has 0 bridgehead atoms. The number of amides is 1. The second kappa shape index (κ2) is 8.64. The molecule has 1 aliphatic carbocycles. The van der Waals surface area contributed by atoms with Gasteiger partial charge in [-0.3, -0.25) is 9.59 Å². The normalized spacial score (nSPS) is 15.1. The van der Waals surface area contributed by atoms with Crippen LogP contribution in [0.1, 0.15) is 30.9 Å². The molecular formula is C18H20N2O5S2. The molecule has 9 heteroatoms. The molecular weight excluding hydrogens is 388 g/mol. The lowest BCUT2D eigenvalue weighted by atomic mass is 10.1. The molecule has 2 aromatic rings. The first kappa shape index (κ1) is 19.5. The van der Waals surface area contributed by atoms with Crippen LogP contribution in [0.25, 0.3) is 0 Å². The third-order valence-electron chi connectivity index (χ3n) is 3.89. The van der Waals surface area contributed by atoms with Crippen molar-refractivity contribution in [3.63, 3.8) is 0 Å². The monoisotopic (exact) mass is 408 g/mol. The Morgan fingerprint density at radius 1 is 1.15 bits per heavy atom. The molecule has 1 saturated carbocycles. The standard InChI is InChI=1S/C18H20N2O5S2/c21-15(10-11-19-27(23,24)16-7-4-12-26-16)25-17(13-5-2-1-3-6-13)18(22)20-14-8-9-14/h1-7,12,14,17,19H,8-11H2,(H,20,22)/t17-/m1/s1. The van der Waals surface area contributed by atoms with Crippen molar-refractivity contribution >= 4 is 33.2 Å². The van der Waals surface area contributed by atoms with Crippen LogP contribution in [0.4, 0.5) is 0 Å². The van der Waals surface area contributed by atoms with Gasteiger partial charge in [0.2, 0.25) is 16.1 Å². The smallest absolute Gasteiger partial charge is 0.308 e. The predicted octanol–water partition coefficient (Wildman–Crippen LogP) is 1.98. The van der Waals surface area contributed by atoms with Crippen LogP contribution < -0.4 is 10.0 Å². The minimum absolute atomic E-state index is 0.106. The van der Waals surface area contributed by atoms with Gasteiger partial charge in [0.15, 0.2) is 0 Å². The van der Waals surface area contributed by atoms with Crippen LogP contribution in [0.2, 0.25) is 0 Å². The predicted molar refractivity (Wildman–Crippen MR) is 101 cm³/mol. The molecule has 1 aliphatic rings. The Labute approximate surface area is 161 Å². The molecule has 1 heterocycles. The first-order valence-electron chi connectivity index (χ1n) is 8.54. The Balaban J connectivity index is 1.56. The third kappa shape index (κ3) is 5.62. The summed E-state index contributed by atoms with van der Waals surface area (Å²) in [5, 5.41) is 4.49. The minimum Gasteiger partial charge on any atom is -0.447 e. The van der Waals surface area contributed by atoms with Gasteiger partial charge in [-0.25, -0.2) is 13.1 Å². The Morgan fingerprint density at radius 3 is 2.52 bits per heavy atom. The van der Waals surface area contributed by atoms with Crippen molar-refractivity contribution in [2.75, 3.05) is 6.54 Å². The zero-order chi connectivity index (χ0) is 19.3. The number of carbonyl (C=O) groups excluding carboxylic acids is 2. The van der Waals surface area contributed by atoms with E-state index in [9.17, 15) is 18.0 Å². The van der Waals surface area contributed by atoms with Crippen molar-refractivity contribution in [2.24, 2.45) is 0 Å². The number of hydrogen-bond donors (Lipinski definition) is 2. The third-order valence-corrected chi connectivity index (χ3v) is 6.75. The van der Waals surface area contributed by atoms with Gasteiger partial charge in [0.1, 0.15) is 4.21 Å². The summed E-state index contributed by atoms with van der Waals surface area (Å²) in [6.45, 7) is -0.106. The number of nitrogens with one attached hydrogen (secondary N) is 2. The van der Waals surface area contributed by atoms with Gasteiger partial charge < -0.3 is 10.1 Å². The van der Waals surface area contributed by atoms with E-state index in [0.29, 0.717) is 5.56 Å². The zero-order valence-electron chi connectivity index (χ0n) is 14.5. The summed E-state index contributed by atoms with van der Waals surface area (Å²) < 4.78 is 32.0. The highest BCUT2D eigenvalue weighted by Crippen LogP contribution is 2.23. The van der Waals surface area contributed by atoms with Crippen LogP contribution in [0.3, 0.4) is 0 Å². The molecule has 0 radical (unpaired) electrons. The highest BCUT2D eigenvalue weighted by Gasteiger charge is 2.30. The fourth-order valence-corrected chi connectivity index (χ4v) is 4.44. The zero-order valence-corrected chi connectivity index (χ0v) is 16.1. The van der Waals surface area contributed by atoms with Crippen molar-refractivity contribution in [2.45, 2.75) is 35.6 Å². The first-order chi connectivity index (χ1) is 13.0. The van der Waals surface area contributed by atoms with Crippen LogP contribution in [0.5, 0.6) is 0 Å². The van der Waals surface area contributed by atoms with E-state index in [0.717, 1.165) is 24.2 Å². The molecule has 0 spiro atoms. The molecule has 0 aliphatic heterocycles. The van der Waals surface area contributed by atoms with Crippen LogP contribution in [0.15, 0.2) is 52.1 Å². The number of ether oxygens (including phenoxy) is 1. The largest absolute Gasteiger partial charge is 0.447 e. The minimum atomic E-state index is -3.64. The molecule has 27 heavy (non-hydrogen) atoms. The lowest BCUT2D eigenvalue weighted by molar-refractivity contribution is -0.156. The van der Waals surface area contributed by atoms with Crippen molar-refractivity contribution in [1.82, 2.24) is 10.0 Å². The first-order valence-corrected chi connectivity index (χ1v) is 10.9. The number of hydrogen-bond acceptors (Lipinski definition) is 6. The highest BCUT2D eigenvalue weighted by atomic mass is 32.2. The van der Waals surface area contributed by atoms with Crippen LogP contribution in [-0.2, 0) is 24.3 Å². The van der Waals surface area contributed by atoms with E-state index in [1.165, 1.54) is 6.07 Å². The van der Waals surface area contributed by atoms with Crippen molar-refractivity contribution in [1.29, 1.82) is 0 Å². The second-order valence-electron chi connectivity index (χ2n) is 6.14. The second-order valence-corrected chi connectivity index (χ2v) is 9.08. The Morgan fingerprint density at radius 2 is 1.89 bits per heavy atom. The molecule has 1 amide bonds.